The average Bonchev–Trinajstić information content (AvgIpc) is 2.31. The van der Waals surface area contributed by atoms with E-state index in [0.29, 0.717) is 16.7 Å². The number of hydrogen-bond donors (Lipinski definition) is 1. The van der Waals surface area contributed by atoms with Crippen molar-refractivity contribution < 1.29 is 0 Å². The first-order chi connectivity index (χ1) is 9.20. The maximum Gasteiger partial charge on any atom is 0.163 e. The molecule has 2 N–H and O–H groups in total. The third-order valence-electron chi connectivity index (χ3n) is 2.76. The second kappa shape index (κ2) is 5.62. The summed E-state index contributed by atoms with van der Waals surface area (Å²) >= 11 is 13.1. The molecule has 2 aromatic rings. The standard InChI is InChI=1S/C14H14Br2ClN3/c1-14(2,3)11-10(16)12(18)20-13(19-11)8-5-4-7(15)6-9(8)17/h4-6H,1-3H3,(H2,18,19,20). The Morgan fingerprint density at radius 3 is 2.35 bits per heavy atom. The topological polar surface area (TPSA) is 51.8 Å². The van der Waals surface area contributed by atoms with E-state index in [1.54, 1.807) is 0 Å². The lowest BCUT2D eigenvalue weighted by atomic mass is 9.91. The molecular weight excluding hydrogens is 405 g/mol. The number of hydrogen-bond acceptors (Lipinski definition) is 3. The van der Waals surface area contributed by atoms with E-state index in [1.807, 2.05) is 18.2 Å². The molecule has 0 atom stereocenters. The summed E-state index contributed by atoms with van der Waals surface area (Å²) in [7, 11) is 0. The van der Waals surface area contributed by atoms with Gasteiger partial charge in [-0.1, -0.05) is 48.3 Å². The van der Waals surface area contributed by atoms with E-state index < -0.39 is 0 Å². The molecule has 0 aliphatic heterocycles. The molecule has 3 nitrogen and oxygen atoms in total. The first-order valence-electron chi connectivity index (χ1n) is 5.99. The molecule has 1 aromatic heterocycles. The Bertz CT molecular complexity index is 666. The lowest BCUT2D eigenvalue weighted by Crippen LogP contribution is -2.17. The van der Waals surface area contributed by atoms with Crippen molar-refractivity contribution in [3.63, 3.8) is 0 Å². The van der Waals surface area contributed by atoms with Gasteiger partial charge in [0.1, 0.15) is 5.82 Å². The predicted octanol–water partition coefficient (Wildman–Crippen LogP) is 5.20. The summed E-state index contributed by atoms with van der Waals surface area (Å²) in [5.41, 5.74) is 7.46. The summed E-state index contributed by atoms with van der Waals surface area (Å²) in [5.74, 6) is 0.951. The van der Waals surface area contributed by atoms with Crippen LogP contribution in [0.25, 0.3) is 11.4 Å². The van der Waals surface area contributed by atoms with Crippen LogP contribution in [0.15, 0.2) is 27.1 Å². The van der Waals surface area contributed by atoms with Gasteiger partial charge in [-0.25, -0.2) is 9.97 Å². The zero-order valence-electron chi connectivity index (χ0n) is 11.3. The third-order valence-corrected chi connectivity index (χ3v) is 4.35. The SMILES string of the molecule is CC(C)(C)c1nc(-c2ccc(Br)cc2Cl)nc(N)c1Br. The van der Waals surface area contributed by atoms with Crippen LogP contribution in [-0.2, 0) is 5.41 Å². The lowest BCUT2D eigenvalue weighted by molar-refractivity contribution is 0.565. The molecular formula is C14H14Br2ClN3. The minimum Gasteiger partial charge on any atom is -0.383 e. The molecule has 0 amide bonds. The van der Waals surface area contributed by atoms with E-state index in [9.17, 15) is 0 Å². The van der Waals surface area contributed by atoms with Crippen LogP contribution >= 0.6 is 43.5 Å². The van der Waals surface area contributed by atoms with Crippen molar-refractivity contribution in [2.24, 2.45) is 0 Å². The highest BCUT2D eigenvalue weighted by Gasteiger charge is 2.23. The number of anilines is 1. The lowest BCUT2D eigenvalue weighted by Gasteiger charge is -2.21. The first-order valence-corrected chi connectivity index (χ1v) is 7.95. The summed E-state index contributed by atoms with van der Waals surface area (Å²) in [5, 5.41) is 0.584. The quantitative estimate of drug-likeness (QED) is 0.691. The largest absolute Gasteiger partial charge is 0.383 e. The maximum absolute atomic E-state index is 6.26. The average molecular weight is 420 g/mol. The zero-order chi connectivity index (χ0) is 15.1. The van der Waals surface area contributed by atoms with Crippen molar-refractivity contribution in [3.05, 3.63) is 37.9 Å². The van der Waals surface area contributed by atoms with Gasteiger partial charge in [-0.3, -0.25) is 0 Å². The van der Waals surface area contributed by atoms with Crippen molar-refractivity contribution in [1.82, 2.24) is 9.97 Å². The Morgan fingerprint density at radius 1 is 1.15 bits per heavy atom. The van der Waals surface area contributed by atoms with Gasteiger partial charge in [0.15, 0.2) is 5.82 Å². The van der Waals surface area contributed by atoms with E-state index in [4.69, 9.17) is 17.3 Å². The van der Waals surface area contributed by atoms with Crippen LogP contribution in [0.3, 0.4) is 0 Å². The summed E-state index contributed by atoms with van der Waals surface area (Å²) in [6.07, 6.45) is 0. The number of nitrogens with two attached hydrogens (primary N) is 1. The molecule has 0 saturated carbocycles. The van der Waals surface area contributed by atoms with E-state index in [2.05, 4.69) is 62.6 Å². The fourth-order valence-electron chi connectivity index (χ4n) is 1.75. The van der Waals surface area contributed by atoms with E-state index in [0.717, 1.165) is 20.2 Å². The zero-order valence-corrected chi connectivity index (χ0v) is 15.3. The molecule has 1 aromatic carbocycles. The Morgan fingerprint density at radius 2 is 1.80 bits per heavy atom. The monoisotopic (exact) mass is 417 g/mol. The minimum absolute atomic E-state index is 0.146. The van der Waals surface area contributed by atoms with Crippen molar-refractivity contribution in [1.29, 1.82) is 0 Å². The van der Waals surface area contributed by atoms with Crippen LogP contribution in [-0.4, -0.2) is 9.97 Å². The van der Waals surface area contributed by atoms with Gasteiger partial charge in [0.2, 0.25) is 0 Å². The fraction of sp³-hybridized carbons (Fsp3) is 0.286. The maximum atomic E-state index is 6.26. The van der Waals surface area contributed by atoms with Gasteiger partial charge in [-0.15, -0.1) is 0 Å². The van der Waals surface area contributed by atoms with E-state index in [-0.39, 0.29) is 5.41 Å². The smallest absolute Gasteiger partial charge is 0.163 e. The molecule has 106 valence electrons. The molecule has 0 fully saturated rings. The van der Waals surface area contributed by atoms with E-state index in [1.165, 1.54) is 0 Å². The van der Waals surface area contributed by atoms with Crippen molar-refractivity contribution in [3.8, 4) is 11.4 Å². The second-order valence-electron chi connectivity index (χ2n) is 5.47. The Kier molecular flexibility index (Phi) is 4.42. The molecule has 0 aliphatic rings. The van der Waals surface area contributed by atoms with Crippen LogP contribution in [0.5, 0.6) is 0 Å². The van der Waals surface area contributed by atoms with Crippen molar-refractivity contribution >= 4 is 49.3 Å². The van der Waals surface area contributed by atoms with Gasteiger partial charge >= 0.3 is 0 Å². The van der Waals surface area contributed by atoms with Gasteiger partial charge < -0.3 is 5.73 Å². The summed E-state index contributed by atoms with van der Waals surface area (Å²) in [6, 6.07) is 5.59. The van der Waals surface area contributed by atoms with Crippen LogP contribution in [0.4, 0.5) is 5.82 Å². The normalized spacial score (nSPS) is 11.7. The minimum atomic E-state index is -0.146. The molecule has 0 aliphatic carbocycles. The molecule has 0 radical (unpaired) electrons. The Hall–Kier alpha value is -0.650. The number of benzene rings is 1. The molecule has 0 bridgehead atoms. The highest BCUT2D eigenvalue weighted by Crippen LogP contribution is 2.35. The molecule has 0 unspecified atom stereocenters. The number of rotatable bonds is 1. The van der Waals surface area contributed by atoms with Crippen LogP contribution in [0, 0.1) is 0 Å². The highest BCUT2D eigenvalue weighted by molar-refractivity contribution is 9.11. The van der Waals surface area contributed by atoms with Crippen LogP contribution in [0.2, 0.25) is 5.02 Å². The Balaban J connectivity index is 2.67. The van der Waals surface area contributed by atoms with Crippen molar-refractivity contribution in [2.45, 2.75) is 26.2 Å². The van der Waals surface area contributed by atoms with E-state index >= 15 is 0 Å². The molecule has 0 saturated heterocycles. The summed E-state index contributed by atoms with van der Waals surface area (Å²) in [6.45, 7) is 6.23. The van der Waals surface area contributed by atoms with Gasteiger partial charge in [-0.2, -0.15) is 0 Å². The Labute approximate surface area is 140 Å². The van der Waals surface area contributed by atoms with Crippen LogP contribution in [0.1, 0.15) is 26.5 Å². The molecule has 2 rings (SSSR count). The molecule has 0 spiro atoms. The van der Waals surface area contributed by atoms with Crippen molar-refractivity contribution in [2.75, 3.05) is 5.73 Å². The second-order valence-corrected chi connectivity index (χ2v) is 7.59. The number of aromatic nitrogens is 2. The molecule has 20 heavy (non-hydrogen) atoms. The van der Waals surface area contributed by atoms with Gasteiger partial charge in [0, 0.05) is 15.5 Å². The third kappa shape index (κ3) is 3.15. The summed E-state index contributed by atoms with van der Waals surface area (Å²) < 4.78 is 1.65. The van der Waals surface area contributed by atoms with Gasteiger partial charge in [0.25, 0.3) is 0 Å². The first kappa shape index (κ1) is 15.7. The van der Waals surface area contributed by atoms with Gasteiger partial charge in [0.05, 0.1) is 15.2 Å². The highest BCUT2D eigenvalue weighted by atomic mass is 79.9. The number of nitrogens with zero attached hydrogens (tertiary/aromatic N) is 2. The molecule has 6 heteroatoms. The number of nitrogen functional groups attached to an aromatic ring is 1. The summed E-state index contributed by atoms with van der Waals surface area (Å²) in [4.78, 5) is 8.96. The number of halogens is 3. The predicted molar refractivity (Wildman–Crippen MR) is 91.0 cm³/mol. The molecule has 1 heterocycles. The van der Waals surface area contributed by atoms with Gasteiger partial charge in [-0.05, 0) is 34.1 Å². The van der Waals surface area contributed by atoms with Crippen LogP contribution < -0.4 is 5.73 Å². The fourth-order valence-corrected chi connectivity index (χ4v) is 3.28.